The fourth-order valence-electron chi connectivity index (χ4n) is 2.04. The molecule has 2 aromatic rings. The van der Waals surface area contributed by atoms with E-state index in [1.165, 1.54) is 0 Å². The maximum Gasteiger partial charge on any atom is 0.120 e. The Labute approximate surface area is 123 Å². The summed E-state index contributed by atoms with van der Waals surface area (Å²) >= 11 is 0. The van der Waals surface area contributed by atoms with E-state index < -0.39 is 0 Å². The molecule has 0 aliphatic heterocycles. The van der Waals surface area contributed by atoms with Crippen molar-refractivity contribution in [1.29, 1.82) is 0 Å². The molecule has 0 radical (unpaired) electrons. The van der Waals surface area contributed by atoms with Crippen LogP contribution in [0.4, 0.5) is 17.1 Å². The van der Waals surface area contributed by atoms with Gasteiger partial charge in [-0.2, -0.15) is 0 Å². The quantitative estimate of drug-likeness (QED) is 0.546. The van der Waals surface area contributed by atoms with Crippen LogP contribution < -0.4 is 10.6 Å². The van der Waals surface area contributed by atoms with E-state index in [0.717, 1.165) is 22.5 Å². The van der Waals surface area contributed by atoms with Crippen LogP contribution in [0.25, 0.3) is 0 Å². The molecule has 0 saturated heterocycles. The van der Waals surface area contributed by atoms with Gasteiger partial charge in [0.25, 0.3) is 0 Å². The van der Waals surface area contributed by atoms with Crippen molar-refractivity contribution in [3.63, 3.8) is 0 Å². The molecule has 0 bridgehead atoms. The number of aromatic hydroxyl groups is 2. The van der Waals surface area contributed by atoms with E-state index in [1.54, 1.807) is 18.2 Å². The van der Waals surface area contributed by atoms with Gasteiger partial charge in [0.2, 0.25) is 0 Å². The van der Waals surface area contributed by atoms with Crippen LogP contribution in [0.15, 0.2) is 30.3 Å². The summed E-state index contributed by atoms with van der Waals surface area (Å²) < 4.78 is 0. The van der Waals surface area contributed by atoms with Crippen LogP contribution >= 0.6 is 0 Å². The summed E-state index contributed by atoms with van der Waals surface area (Å²) in [4.78, 5) is 0. The number of phenolic OH excluding ortho intramolecular Hbond substituents is 2. The number of phenols is 2. The molecule has 0 aromatic heterocycles. The molecule has 0 aliphatic carbocycles. The lowest BCUT2D eigenvalue weighted by molar-refractivity contribution is 0.311. The SMILES string of the molecule is Cc1cc(Nc2cccc(O)c2C)c(NCCO)cc1O. The second-order valence-electron chi connectivity index (χ2n) is 4.91. The molecule has 0 heterocycles. The minimum absolute atomic E-state index is 0.000763. The number of aliphatic hydroxyl groups is 1. The summed E-state index contributed by atoms with van der Waals surface area (Å²) in [7, 11) is 0. The topological polar surface area (TPSA) is 84.8 Å². The van der Waals surface area contributed by atoms with Gasteiger partial charge in [-0.3, -0.25) is 0 Å². The highest BCUT2D eigenvalue weighted by Gasteiger charge is 2.09. The number of aryl methyl sites for hydroxylation is 1. The standard InChI is InChI=1S/C16H20N2O3/c1-10-8-14(13(9-16(10)21)17-6-7-19)18-12-4-3-5-15(20)11(12)2/h3-5,8-9,17-21H,6-7H2,1-2H3. The maximum atomic E-state index is 9.82. The lowest BCUT2D eigenvalue weighted by Gasteiger charge is -2.17. The van der Waals surface area contributed by atoms with Gasteiger partial charge in [0.1, 0.15) is 11.5 Å². The molecular formula is C16H20N2O3. The van der Waals surface area contributed by atoms with Crippen molar-refractivity contribution < 1.29 is 15.3 Å². The Morgan fingerprint density at radius 2 is 1.71 bits per heavy atom. The average Bonchev–Trinajstić information content (AvgIpc) is 2.46. The van der Waals surface area contributed by atoms with E-state index in [1.807, 2.05) is 26.0 Å². The van der Waals surface area contributed by atoms with Gasteiger partial charge in [-0.15, -0.1) is 0 Å². The van der Waals surface area contributed by atoms with E-state index in [4.69, 9.17) is 5.11 Å². The van der Waals surface area contributed by atoms with Gasteiger partial charge in [-0.05, 0) is 37.6 Å². The largest absolute Gasteiger partial charge is 0.508 e. The smallest absolute Gasteiger partial charge is 0.120 e. The number of rotatable bonds is 5. The molecule has 2 rings (SSSR count). The number of hydrogen-bond acceptors (Lipinski definition) is 5. The maximum absolute atomic E-state index is 9.82. The number of hydrogen-bond donors (Lipinski definition) is 5. The van der Waals surface area contributed by atoms with Crippen LogP contribution in [0.3, 0.4) is 0 Å². The van der Waals surface area contributed by atoms with E-state index in [0.29, 0.717) is 12.2 Å². The fourth-order valence-corrected chi connectivity index (χ4v) is 2.04. The van der Waals surface area contributed by atoms with Crippen LogP contribution in [0.2, 0.25) is 0 Å². The van der Waals surface area contributed by atoms with Gasteiger partial charge in [-0.25, -0.2) is 0 Å². The Bertz CT molecular complexity index is 642. The van der Waals surface area contributed by atoms with E-state index >= 15 is 0 Å². The van der Waals surface area contributed by atoms with Gasteiger partial charge < -0.3 is 26.0 Å². The van der Waals surface area contributed by atoms with Crippen molar-refractivity contribution in [2.24, 2.45) is 0 Å². The van der Waals surface area contributed by atoms with Crippen molar-refractivity contribution in [3.8, 4) is 11.5 Å². The molecule has 0 spiro atoms. The van der Waals surface area contributed by atoms with Gasteiger partial charge >= 0.3 is 0 Å². The number of aliphatic hydroxyl groups excluding tert-OH is 1. The highest BCUT2D eigenvalue weighted by atomic mass is 16.3. The fraction of sp³-hybridized carbons (Fsp3) is 0.250. The van der Waals surface area contributed by atoms with Crippen molar-refractivity contribution >= 4 is 17.1 Å². The number of benzene rings is 2. The molecule has 0 aliphatic rings. The number of anilines is 3. The molecule has 0 unspecified atom stereocenters. The van der Waals surface area contributed by atoms with E-state index in [-0.39, 0.29) is 18.1 Å². The van der Waals surface area contributed by atoms with Crippen molar-refractivity contribution in [2.75, 3.05) is 23.8 Å². The Balaban J connectivity index is 2.37. The van der Waals surface area contributed by atoms with Gasteiger partial charge in [0.15, 0.2) is 0 Å². The van der Waals surface area contributed by atoms with E-state index in [2.05, 4.69) is 10.6 Å². The molecule has 2 aromatic carbocycles. The number of nitrogens with one attached hydrogen (secondary N) is 2. The first-order valence-electron chi connectivity index (χ1n) is 6.77. The normalized spacial score (nSPS) is 10.4. The molecule has 0 fully saturated rings. The van der Waals surface area contributed by atoms with Crippen LogP contribution in [-0.4, -0.2) is 28.5 Å². The lowest BCUT2D eigenvalue weighted by Crippen LogP contribution is -2.08. The molecular weight excluding hydrogens is 268 g/mol. The third-order valence-corrected chi connectivity index (χ3v) is 3.34. The summed E-state index contributed by atoms with van der Waals surface area (Å²) in [6.07, 6.45) is 0. The van der Waals surface area contributed by atoms with Gasteiger partial charge in [0.05, 0.1) is 18.0 Å². The summed E-state index contributed by atoms with van der Waals surface area (Å²) in [5, 5.41) is 34.8. The minimum Gasteiger partial charge on any atom is -0.508 e. The van der Waals surface area contributed by atoms with Gasteiger partial charge in [0, 0.05) is 23.9 Å². The zero-order valence-corrected chi connectivity index (χ0v) is 12.1. The first-order valence-corrected chi connectivity index (χ1v) is 6.77. The van der Waals surface area contributed by atoms with Crippen LogP contribution in [0.5, 0.6) is 11.5 Å². The van der Waals surface area contributed by atoms with Crippen molar-refractivity contribution in [3.05, 3.63) is 41.5 Å². The molecule has 0 saturated carbocycles. The zero-order valence-electron chi connectivity index (χ0n) is 12.1. The first kappa shape index (κ1) is 15.0. The van der Waals surface area contributed by atoms with Crippen molar-refractivity contribution in [2.45, 2.75) is 13.8 Å². The average molecular weight is 288 g/mol. The molecule has 112 valence electrons. The molecule has 5 nitrogen and oxygen atoms in total. The summed E-state index contributed by atoms with van der Waals surface area (Å²) in [6, 6.07) is 8.70. The predicted octanol–water partition coefficient (Wildman–Crippen LogP) is 2.86. The van der Waals surface area contributed by atoms with Crippen LogP contribution in [0.1, 0.15) is 11.1 Å². The zero-order chi connectivity index (χ0) is 15.4. The summed E-state index contributed by atoms with van der Waals surface area (Å²) in [5.74, 6) is 0.411. The third kappa shape index (κ3) is 3.38. The molecule has 21 heavy (non-hydrogen) atoms. The molecule has 0 amide bonds. The minimum atomic E-state index is -0.000763. The van der Waals surface area contributed by atoms with Crippen molar-refractivity contribution in [1.82, 2.24) is 0 Å². The Morgan fingerprint density at radius 3 is 2.43 bits per heavy atom. The van der Waals surface area contributed by atoms with Crippen LogP contribution in [0, 0.1) is 13.8 Å². The summed E-state index contributed by atoms with van der Waals surface area (Å²) in [5.41, 5.74) is 3.73. The molecule has 0 atom stereocenters. The summed E-state index contributed by atoms with van der Waals surface area (Å²) in [6.45, 7) is 4.02. The highest BCUT2D eigenvalue weighted by Crippen LogP contribution is 2.34. The predicted molar refractivity (Wildman–Crippen MR) is 84.5 cm³/mol. The molecule has 5 heteroatoms. The second kappa shape index (κ2) is 6.37. The Hall–Kier alpha value is -2.40. The Morgan fingerprint density at radius 1 is 0.952 bits per heavy atom. The first-order chi connectivity index (χ1) is 10.0. The van der Waals surface area contributed by atoms with E-state index in [9.17, 15) is 10.2 Å². The third-order valence-electron chi connectivity index (χ3n) is 3.34. The monoisotopic (exact) mass is 288 g/mol. The van der Waals surface area contributed by atoms with Gasteiger partial charge in [-0.1, -0.05) is 6.07 Å². The van der Waals surface area contributed by atoms with Crippen LogP contribution in [-0.2, 0) is 0 Å². The lowest BCUT2D eigenvalue weighted by atomic mass is 10.1. The highest BCUT2D eigenvalue weighted by molar-refractivity contribution is 5.78. The Kier molecular flexibility index (Phi) is 4.55. The molecule has 5 N–H and O–H groups in total. The second-order valence-corrected chi connectivity index (χ2v) is 4.91.